The van der Waals surface area contributed by atoms with E-state index in [2.05, 4.69) is 5.32 Å². The van der Waals surface area contributed by atoms with Crippen molar-refractivity contribution in [1.29, 1.82) is 0 Å². The van der Waals surface area contributed by atoms with E-state index in [1.165, 1.54) is 9.47 Å². The van der Waals surface area contributed by atoms with Gasteiger partial charge in [-0.1, -0.05) is 11.3 Å². The van der Waals surface area contributed by atoms with Crippen molar-refractivity contribution in [2.24, 2.45) is 5.73 Å². The van der Waals surface area contributed by atoms with Crippen molar-refractivity contribution in [3.05, 3.63) is 44.0 Å². The predicted molar refractivity (Wildman–Crippen MR) is 93.8 cm³/mol. The monoisotopic (exact) mass is 346 g/mol. The number of carbonyl (C=O) groups is 2. The van der Waals surface area contributed by atoms with E-state index in [-0.39, 0.29) is 17.3 Å². The van der Waals surface area contributed by atoms with E-state index in [9.17, 15) is 14.4 Å². The molecule has 1 aliphatic rings. The minimum atomic E-state index is -0.479. The summed E-state index contributed by atoms with van der Waals surface area (Å²) in [4.78, 5) is 37.7. The molecule has 0 saturated heterocycles. The average molecular weight is 346 g/mol. The molecule has 3 rings (SSSR count). The number of aromatic nitrogens is 1. The lowest BCUT2D eigenvalue weighted by atomic mass is 10.1. The van der Waals surface area contributed by atoms with Crippen molar-refractivity contribution in [2.75, 3.05) is 16.8 Å². The highest BCUT2D eigenvalue weighted by atomic mass is 32.1. The fourth-order valence-electron chi connectivity index (χ4n) is 2.82. The lowest BCUT2D eigenvalue weighted by Gasteiger charge is -2.14. The number of amides is 3. The van der Waals surface area contributed by atoms with Gasteiger partial charge in [0, 0.05) is 28.5 Å². The average Bonchev–Trinajstić information content (AvgIpc) is 3.03. The Morgan fingerprint density at radius 1 is 1.33 bits per heavy atom. The Morgan fingerprint density at radius 2 is 2.08 bits per heavy atom. The zero-order chi connectivity index (χ0) is 17.4. The molecule has 1 aromatic carbocycles. The van der Waals surface area contributed by atoms with Gasteiger partial charge in [0.05, 0.1) is 0 Å². The number of nitrogens with zero attached hydrogens (tertiary/aromatic N) is 2. The highest BCUT2D eigenvalue weighted by Gasteiger charge is 2.23. The maximum absolute atomic E-state index is 12.2. The zero-order valence-corrected chi connectivity index (χ0v) is 14.3. The number of hydrogen-bond donors (Lipinski definition) is 2. The van der Waals surface area contributed by atoms with Gasteiger partial charge in [-0.2, -0.15) is 0 Å². The van der Waals surface area contributed by atoms with Crippen molar-refractivity contribution in [2.45, 2.75) is 26.8 Å². The first-order valence-corrected chi connectivity index (χ1v) is 8.35. The van der Waals surface area contributed by atoms with Crippen molar-refractivity contribution >= 4 is 34.6 Å². The summed E-state index contributed by atoms with van der Waals surface area (Å²) < 4.78 is 1.47. The molecule has 0 radical (unpaired) electrons. The maximum Gasteiger partial charge on any atom is 0.319 e. The van der Waals surface area contributed by atoms with Crippen molar-refractivity contribution in [3.63, 3.8) is 0 Å². The number of carbonyl (C=O) groups excluding carboxylic acids is 2. The summed E-state index contributed by atoms with van der Waals surface area (Å²) in [5.74, 6) is -0.261. The summed E-state index contributed by atoms with van der Waals surface area (Å²) in [6, 6.07) is 4.86. The van der Waals surface area contributed by atoms with E-state index in [1.54, 1.807) is 12.1 Å². The largest absolute Gasteiger partial charge is 0.351 e. The van der Waals surface area contributed by atoms with E-state index < -0.39 is 6.03 Å². The van der Waals surface area contributed by atoms with Gasteiger partial charge in [-0.3, -0.25) is 19.1 Å². The molecule has 1 aliphatic heterocycles. The van der Waals surface area contributed by atoms with Crippen LogP contribution in [0.25, 0.3) is 0 Å². The molecule has 0 spiro atoms. The molecule has 24 heavy (non-hydrogen) atoms. The number of rotatable bonds is 3. The van der Waals surface area contributed by atoms with Gasteiger partial charge in [0.25, 0.3) is 0 Å². The molecule has 3 N–H and O–H groups in total. The standard InChI is InChI=1S/C16H18N4O3S/c1-9-10(2)24-16(23)20(9)8-14(21)18-12-3-4-13-11(7-12)5-6-19(13)15(17)22/h3-4,7H,5-6,8H2,1-2H3,(H2,17,22)(H,18,21). The Labute approximate surface area is 142 Å². The molecular weight excluding hydrogens is 328 g/mol. The molecule has 2 heterocycles. The Hall–Kier alpha value is -2.61. The molecule has 0 aliphatic carbocycles. The van der Waals surface area contributed by atoms with Crippen LogP contribution in [0.1, 0.15) is 16.1 Å². The van der Waals surface area contributed by atoms with E-state index in [0.717, 1.165) is 33.2 Å². The SMILES string of the molecule is Cc1sc(=O)n(CC(=O)Nc2ccc3c(c2)CCN3C(N)=O)c1C. The van der Waals surface area contributed by atoms with Crippen LogP contribution in [0.2, 0.25) is 0 Å². The Kier molecular flexibility index (Phi) is 4.15. The van der Waals surface area contributed by atoms with Crippen LogP contribution in [0.5, 0.6) is 0 Å². The molecule has 0 bridgehead atoms. The second-order valence-electron chi connectivity index (χ2n) is 5.73. The lowest BCUT2D eigenvalue weighted by molar-refractivity contribution is -0.116. The molecule has 126 valence electrons. The number of aryl methyl sites for hydroxylation is 1. The smallest absolute Gasteiger partial charge is 0.319 e. The van der Waals surface area contributed by atoms with E-state index >= 15 is 0 Å². The molecular formula is C16H18N4O3S. The third kappa shape index (κ3) is 2.92. The number of primary amides is 1. The van der Waals surface area contributed by atoms with Crippen molar-refractivity contribution in [1.82, 2.24) is 4.57 Å². The molecule has 2 aromatic rings. The normalized spacial score (nSPS) is 13.0. The third-order valence-electron chi connectivity index (χ3n) is 4.20. The van der Waals surface area contributed by atoms with Gasteiger partial charge in [0.1, 0.15) is 6.54 Å². The Balaban J connectivity index is 1.74. The fraction of sp³-hybridized carbons (Fsp3) is 0.312. The molecule has 0 unspecified atom stereocenters. The maximum atomic E-state index is 12.2. The van der Waals surface area contributed by atoms with Crippen LogP contribution >= 0.6 is 11.3 Å². The number of nitrogens with one attached hydrogen (secondary N) is 1. The molecule has 0 saturated carbocycles. The number of benzene rings is 1. The van der Waals surface area contributed by atoms with E-state index in [4.69, 9.17) is 5.73 Å². The molecule has 1 aromatic heterocycles. The first kappa shape index (κ1) is 16.3. The summed E-state index contributed by atoms with van der Waals surface area (Å²) in [5.41, 5.74) is 8.53. The molecule has 0 atom stereocenters. The van der Waals surface area contributed by atoms with Gasteiger partial charge in [-0.15, -0.1) is 0 Å². The van der Waals surface area contributed by atoms with E-state index in [1.807, 2.05) is 19.9 Å². The van der Waals surface area contributed by atoms with Crippen molar-refractivity contribution in [3.8, 4) is 0 Å². The third-order valence-corrected chi connectivity index (χ3v) is 5.20. The van der Waals surface area contributed by atoms with Crippen LogP contribution in [-0.2, 0) is 17.8 Å². The quantitative estimate of drug-likeness (QED) is 0.883. The summed E-state index contributed by atoms with van der Waals surface area (Å²) >= 11 is 1.14. The first-order chi connectivity index (χ1) is 11.4. The molecule has 8 heteroatoms. The minimum absolute atomic E-state index is 0.0144. The first-order valence-electron chi connectivity index (χ1n) is 7.53. The topological polar surface area (TPSA) is 97.4 Å². The van der Waals surface area contributed by atoms with Crippen LogP contribution in [0, 0.1) is 13.8 Å². The summed E-state index contributed by atoms with van der Waals surface area (Å²) in [6.07, 6.45) is 0.699. The second-order valence-corrected chi connectivity index (χ2v) is 6.89. The summed E-state index contributed by atoms with van der Waals surface area (Å²) in [5, 5.41) is 2.80. The Bertz CT molecular complexity index is 884. The van der Waals surface area contributed by atoms with Gasteiger partial charge in [0.2, 0.25) is 5.91 Å². The molecule has 3 amide bonds. The highest BCUT2D eigenvalue weighted by molar-refractivity contribution is 7.09. The Morgan fingerprint density at radius 3 is 2.71 bits per heavy atom. The van der Waals surface area contributed by atoms with Gasteiger partial charge >= 0.3 is 10.9 Å². The second kappa shape index (κ2) is 6.12. The van der Waals surface area contributed by atoms with Crippen LogP contribution in [0.3, 0.4) is 0 Å². The highest BCUT2D eigenvalue weighted by Crippen LogP contribution is 2.30. The van der Waals surface area contributed by atoms with E-state index in [0.29, 0.717) is 18.7 Å². The fourth-order valence-corrected chi connectivity index (χ4v) is 3.65. The number of anilines is 2. The van der Waals surface area contributed by atoms with Gasteiger partial charge in [-0.05, 0) is 44.0 Å². The number of fused-ring (bicyclic) bond motifs is 1. The molecule has 7 nitrogen and oxygen atoms in total. The number of urea groups is 1. The van der Waals surface area contributed by atoms with Gasteiger partial charge < -0.3 is 11.1 Å². The van der Waals surface area contributed by atoms with Gasteiger partial charge in [-0.25, -0.2) is 4.79 Å². The van der Waals surface area contributed by atoms with Crippen LogP contribution in [-0.4, -0.2) is 23.1 Å². The minimum Gasteiger partial charge on any atom is -0.351 e. The van der Waals surface area contributed by atoms with Crippen LogP contribution in [0.15, 0.2) is 23.0 Å². The zero-order valence-electron chi connectivity index (χ0n) is 13.5. The summed E-state index contributed by atoms with van der Waals surface area (Å²) in [6.45, 7) is 4.22. The predicted octanol–water partition coefficient (Wildman–Crippen LogP) is 1.61. The molecule has 0 fully saturated rings. The summed E-state index contributed by atoms with van der Waals surface area (Å²) in [7, 11) is 0. The number of hydrogen-bond acceptors (Lipinski definition) is 4. The van der Waals surface area contributed by atoms with Crippen LogP contribution < -0.4 is 20.8 Å². The van der Waals surface area contributed by atoms with Gasteiger partial charge in [0.15, 0.2) is 0 Å². The lowest BCUT2D eigenvalue weighted by Crippen LogP contribution is -2.33. The van der Waals surface area contributed by atoms with Crippen molar-refractivity contribution < 1.29 is 9.59 Å². The number of nitrogens with two attached hydrogens (primary N) is 1. The number of thiazole rings is 1. The van der Waals surface area contributed by atoms with Crippen LogP contribution in [0.4, 0.5) is 16.2 Å².